The van der Waals surface area contributed by atoms with Crippen LogP contribution in [-0.4, -0.2) is 59.6 Å². The number of likely N-dealkylation sites (tertiary alicyclic amines) is 1. The Morgan fingerprint density at radius 1 is 1.32 bits per heavy atom. The maximum absolute atomic E-state index is 10.9. The summed E-state index contributed by atoms with van der Waals surface area (Å²) in [5.74, 6) is -0.799. The standard InChI is InChI=1S/C25H34Cl2N2O4S/c1-2-23(20-9-11-34-24(20)7-8-25(31)32)33-15-19(30)14-28-16-29-10-3-4-18(29)12-17-5-6-21(26)22(27)13-17/h5-6,9,11,13,18-19,23,28,30H,2-4,7-8,10,12,14-16H2,1H3,(H,31,32)/t18-,19+,23?/m0/s1. The molecule has 0 radical (unpaired) electrons. The van der Waals surface area contributed by atoms with Crippen molar-refractivity contribution in [1.29, 1.82) is 0 Å². The summed E-state index contributed by atoms with van der Waals surface area (Å²) in [6.07, 6.45) is 3.84. The molecule has 3 atom stereocenters. The van der Waals surface area contributed by atoms with E-state index < -0.39 is 12.1 Å². The molecule has 2 heterocycles. The van der Waals surface area contributed by atoms with Crippen LogP contribution in [0.5, 0.6) is 0 Å². The van der Waals surface area contributed by atoms with Gasteiger partial charge in [-0.1, -0.05) is 36.2 Å². The highest BCUT2D eigenvalue weighted by Crippen LogP contribution is 2.30. The molecule has 1 fully saturated rings. The third-order valence-corrected chi connectivity index (χ3v) is 7.94. The Morgan fingerprint density at radius 3 is 2.88 bits per heavy atom. The van der Waals surface area contributed by atoms with Gasteiger partial charge < -0.3 is 20.3 Å². The number of benzene rings is 1. The van der Waals surface area contributed by atoms with Gasteiger partial charge in [-0.15, -0.1) is 11.3 Å². The predicted octanol–water partition coefficient (Wildman–Crippen LogP) is 5.15. The number of aliphatic hydroxyl groups is 1. The first-order valence-electron chi connectivity index (χ1n) is 11.8. The summed E-state index contributed by atoms with van der Waals surface area (Å²) in [4.78, 5) is 14.4. The number of halogens is 2. The molecule has 3 rings (SSSR count). The third-order valence-electron chi connectivity index (χ3n) is 6.20. The van der Waals surface area contributed by atoms with Crippen molar-refractivity contribution in [2.45, 2.75) is 63.7 Å². The number of hydrogen-bond donors (Lipinski definition) is 3. The summed E-state index contributed by atoms with van der Waals surface area (Å²) in [5, 5.41) is 25.9. The third kappa shape index (κ3) is 8.19. The van der Waals surface area contributed by atoms with E-state index in [1.807, 2.05) is 36.6 Å². The normalized spacial score (nSPS) is 18.3. The number of aliphatic hydroxyl groups excluding tert-OH is 1. The topological polar surface area (TPSA) is 82.0 Å². The van der Waals surface area contributed by atoms with Gasteiger partial charge in [0.05, 0.1) is 35.3 Å². The molecule has 34 heavy (non-hydrogen) atoms. The van der Waals surface area contributed by atoms with Crippen molar-refractivity contribution in [2.24, 2.45) is 0 Å². The number of aliphatic carboxylic acids is 1. The zero-order valence-electron chi connectivity index (χ0n) is 19.5. The fraction of sp³-hybridized carbons (Fsp3) is 0.560. The van der Waals surface area contributed by atoms with Gasteiger partial charge >= 0.3 is 5.97 Å². The number of thiophene rings is 1. The molecule has 3 N–H and O–H groups in total. The van der Waals surface area contributed by atoms with Crippen LogP contribution in [0.15, 0.2) is 29.6 Å². The van der Waals surface area contributed by atoms with Crippen molar-refractivity contribution in [1.82, 2.24) is 10.2 Å². The van der Waals surface area contributed by atoms with Gasteiger partial charge in [0, 0.05) is 24.1 Å². The molecule has 1 saturated heterocycles. The van der Waals surface area contributed by atoms with Crippen LogP contribution >= 0.6 is 34.5 Å². The Labute approximate surface area is 215 Å². The summed E-state index contributed by atoms with van der Waals surface area (Å²) < 4.78 is 6.02. The number of aryl methyl sites for hydroxylation is 1. The van der Waals surface area contributed by atoms with Gasteiger partial charge in [-0.2, -0.15) is 0 Å². The highest BCUT2D eigenvalue weighted by atomic mass is 35.5. The maximum Gasteiger partial charge on any atom is 0.303 e. The van der Waals surface area contributed by atoms with E-state index in [0.29, 0.717) is 35.7 Å². The molecule has 9 heteroatoms. The van der Waals surface area contributed by atoms with Crippen LogP contribution in [0, 0.1) is 0 Å². The highest BCUT2D eigenvalue weighted by molar-refractivity contribution is 7.10. The number of carboxylic acid groups (broad SMARTS) is 1. The molecule has 0 spiro atoms. The molecule has 1 aliphatic rings. The van der Waals surface area contributed by atoms with Crippen LogP contribution in [0.4, 0.5) is 0 Å². The minimum atomic E-state index is -0.799. The summed E-state index contributed by atoms with van der Waals surface area (Å²) in [6, 6.07) is 8.26. The highest BCUT2D eigenvalue weighted by Gasteiger charge is 2.25. The largest absolute Gasteiger partial charge is 0.481 e. The monoisotopic (exact) mass is 528 g/mol. The first-order chi connectivity index (χ1) is 16.4. The molecule has 2 aromatic rings. The Bertz CT molecular complexity index is 926. The van der Waals surface area contributed by atoms with Gasteiger partial charge in [0.2, 0.25) is 0 Å². The SMILES string of the molecule is CCC(OC[C@H](O)CNCN1CCC[C@H]1Cc1ccc(Cl)c(Cl)c1)c1ccsc1CCC(=O)O. The minimum absolute atomic E-state index is 0.110. The lowest BCUT2D eigenvalue weighted by molar-refractivity contribution is -0.136. The predicted molar refractivity (Wildman–Crippen MR) is 138 cm³/mol. The number of hydrogen-bond acceptors (Lipinski definition) is 6. The van der Waals surface area contributed by atoms with Gasteiger partial charge in [0.1, 0.15) is 0 Å². The van der Waals surface area contributed by atoms with Crippen molar-refractivity contribution in [2.75, 3.05) is 26.4 Å². The Morgan fingerprint density at radius 2 is 2.15 bits per heavy atom. The number of ether oxygens (including phenoxy) is 1. The van der Waals surface area contributed by atoms with Gasteiger partial charge in [-0.25, -0.2) is 0 Å². The molecule has 0 aliphatic carbocycles. The molecule has 1 unspecified atom stereocenters. The Kier molecular flexibility index (Phi) is 11.1. The van der Waals surface area contributed by atoms with Crippen molar-refractivity contribution in [3.05, 3.63) is 55.7 Å². The molecule has 6 nitrogen and oxygen atoms in total. The van der Waals surface area contributed by atoms with E-state index in [2.05, 4.69) is 10.2 Å². The average molecular weight is 530 g/mol. The van der Waals surface area contributed by atoms with Gasteiger partial charge in [-0.05, 0) is 73.4 Å². The van der Waals surface area contributed by atoms with Crippen LogP contribution < -0.4 is 5.32 Å². The van der Waals surface area contributed by atoms with Crippen LogP contribution in [0.1, 0.15) is 54.7 Å². The number of nitrogens with one attached hydrogen (secondary N) is 1. The van der Waals surface area contributed by atoms with Crippen LogP contribution in [0.25, 0.3) is 0 Å². The first-order valence-corrected chi connectivity index (χ1v) is 13.5. The quantitative estimate of drug-likeness (QED) is 0.314. The molecular formula is C25H34Cl2N2O4S. The lowest BCUT2D eigenvalue weighted by Gasteiger charge is -2.26. The number of nitrogens with zero attached hydrogens (tertiary/aromatic N) is 1. The molecule has 188 valence electrons. The average Bonchev–Trinajstić information content (AvgIpc) is 3.45. The van der Waals surface area contributed by atoms with Gasteiger partial charge in [0.25, 0.3) is 0 Å². The van der Waals surface area contributed by atoms with Crippen molar-refractivity contribution in [3.8, 4) is 0 Å². The van der Waals surface area contributed by atoms with E-state index in [1.165, 1.54) is 5.56 Å². The van der Waals surface area contributed by atoms with E-state index in [4.69, 9.17) is 33.0 Å². The minimum Gasteiger partial charge on any atom is -0.481 e. The lowest BCUT2D eigenvalue weighted by atomic mass is 10.0. The van der Waals surface area contributed by atoms with E-state index in [0.717, 1.165) is 42.7 Å². The molecule has 0 bridgehead atoms. The fourth-order valence-electron chi connectivity index (χ4n) is 4.42. The second kappa shape index (κ2) is 13.8. The second-order valence-electron chi connectivity index (χ2n) is 8.75. The Balaban J connectivity index is 1.41. The number of rotatable bonds is 14. The molecule has 1 aromatic carbocycles. The molecule has 0 saturated carbocycles. The van der Waals surface area contributed by atoms with E-state index in [9.17, 15) is 9.90 Å². The molecule has 0 amide bonds. The van der Waals surface area contributed by atoms with E-state index >= 15 is 0 Å². The van der Waals surface area contributed by atoms with Crippen LogP contribution in [0.3, 0.4) is 0 Å². The molecule has 1 aliphatic heterocycles. The van der Waals surface area contributed by atoms with Crippen molar-refractivity contribution in [3.63, 3.8) is 0 Å². The molecular weight excluding hydrogens is 495 g/mol. The smallest absolute Gasteiger partial charge is 0.303 e. The zero-order valence-corrected chi connectivity index (χ0v) is 21.8. The van der Waals surface area contributed by atoms with Crippen molar-refractivity contribution >= 4 is 40.5 Å². The summed E-state index contributed by atoms with van der Waals surface area (Å²) in [5.41, 5.74) is 2.22. The van der Waals surface area contributed by atoms with E-state index in [1.54, 1.807) is 11.3 Å². The zero-order chi connectivity index (χ0) is 24.5. The van der Waals surface area contributed by atoms with E-state index in [-0.39, 0.29) is 19.1 Å². The lowest BCUT2D eigenvalue weighted by Crippen LogP contribution is -2.42. The maximum atomic E-state index is 10.9. The van der Waals surface area contributed by atoms with Crippen molar-refractivity contribution < 1.29 is 19.7 Å². The Hall–Kier alpha value is -1.19. The second-order valence-corrected chi connectivity index (χ2v) is 10.6. The summed E-state index contributed by atoms with van der Waals surface area (Å²) >= 11 is 13.8. The van der Waals surface area contributed by atoms with Gasteiger partial charge in [0.15, 0.2) is 0 Å². The van der Waals surface area contributed by atoms with Crippen LogP contribution in [0.2, 0.25) is 10.0 Å². The number of carbonyl (C=O) groups is 1. The summed E-state index contributed by atoms with van der Waals surface area (Å²) in [7, 11) is 0. The fourth-order valence-corrected chi connectivity index (χ4v) is 5.68. The summed E-state index contributed by atoms with van der Waals surface area (Å²) in [6.45, 7) is 4.45. The van der Waals surface area contributed by atoms with Gasteiger partial charge in [-0.3, -0.25) is 9.69 Å². The van der Waals surface area contributed by atoms with Crippen LogP contribution in [-0.2, 0) is 22.4 Å². The molecule has 1 aromatic heterocycles. The first kappa shape index (κ1) is 27.4. The number of carboxylic acids is 1.